The molecule has 0 unspecified atom stereocenters. The van der Waals surface area contributed by atoms with Crippen molar-refractivity contribution in [2.24, 2.45) is 0 Å². The van der Waals surface area contributed by atoms with Gasteiger partial charge in [0.1, 0.15) is 0 Å². The Morgan fingerprint density at radius 3 is 2.69 bits per heavy atom. The lowest BCUT2D eigenvalue weighted by atomic mass is 10.2. The van der Waals surface area contributed by atoms with Crippen LogP contribution in [0.3, 0.4) is 0 Å². The summed E-state index contributed by atoms with van der Waals surface area (Å²) >= 11 is 12.8. The molecule has 0 amide bonds. The van der Waals surface area contributed by atoms with Crippen LogP contribution in [0.1, 0.15) is 17.3 Å². The normalized spacial score (nSPS) is 10.1. The number of rotatable bonds is 2. The minimum Gasteiger partial charge on any atom is -0.282 e. The molecule has 0 aliphatic heterocycles. The van der Waals surface area contributed by atoms with Gasteiger partial charge in [0.05, 0.1) is 5.02 Å². The summed E-state index contributed by atoms with van der Waals surface area (Å²) < 4.78 is 0. The zero-order chi connectivity index (χ0) is 9.84. The van der Waals surface area contributed by atoms with E-state index in [-0.39, 0.29) is 5.12 Å². The highest BCUT2D eigenvalue weighted by Gasteiger charge is 2.09. The second-order valence-corrected chi connectivity index (χ2v) is 4.43. The van der Waals surface area contributed by atoms with Crippen LogP contribution in [0.25, 0.3) is 0 Å². The van der Waals surface area contributed by atoms with E-state index in [1.807, 2.05) is 6.92 Å². The minimum absolute atomic E-state index is 0.0100. The summed E-state index contributed by atoms with van der Waals surface area (Å²) in [6, 6.07) is 4.89. The SMILES string of the molecule is CCSC(=O)c1ccc(Cl)cc1Cl. The van der Waals surface area contributed by atoms with Gasteiger partial charge in [-0.15, -0.1) is 0 Å². The molecule has 0 spiro atoms. The molecule has 13 heavy (non-hydrogen) atoms. The Labute approximate surface area is 91.4 Å². The molecule has 0 atom stereocenters. The number of carbonyl (C=O) groups excluding carboxylic acids is 1. The van der Waals surface area contributed by atoms with Gasteiger partial charge in [0, 0.05) is 10.6 Å². The molecule has 0 N–H and O–H groups in total. The minimum atomic E-state index is -0.0100. The predicted octanol–water partition coefficient (Wildman–Crippen LogP) is 3.89. The summed E-state index contributed by atoms with van der Waals surface area (Å²) in [7, 11) is 0. The number of halogens is 2. The highest BCUT2D eigenvalue weighted by Crippen LogP contribution is 2.24. The van der Waals surface area contributed by atoms with Gasteiger partial charge in [0.15, 0.2) is 0 Å². The first-order valence-electron chi connectivity index (χ1n) is 3.77. The lowest BCUT2D eigenvalue weighted by Gasteiger charge is -2.01. The Hall–Kier alpha value is -0.180. The van der Waals surface area contributed by atoms with Crippen molar-refractivity contribution < 1.29 is 4.79 Å². The molecule has 0 radical (unpaired) electrons. The highest BCUT2D eigenvalue weighted by atomic mass is 35.5. The molecule has 0 aromatic heterocycles. The van der Waals surface area contributed by atoms with E-state index in [2.05, 4.69) is 0 Å². The van der Waals surface area contributed by atoms with Crippen molar-refractivity contribution in [3.8, 4) is 0 Å². The molecule has 0 aliphatic rings. The van der Waals surface area contributed by atoms with E-state index in [1.165, 1.54) is 11.8 Å². The van der Waals surface area contributed by atoms with E-state index < -0.39 is 0 Å². The van der Waals surface area contributed by atoms with Gasteiger partial charge in [-0.3, -0.25) is 4.79 Å². The van der Waals surface area contributed by atoms with E-state index >= 15 is 0 Å². The van der Waals surface area contributed by atoms with Gasteiger partial charge in [-0.25, -0.2) is 0 Å². The number of thioether (sulfide) groups is 1. The van der Waals surface area contributed by atoms with Crippen LogP contribution in [0.15, 0.2) is 18.2 Å². The van der Waals surface area contributed by atoms with Crippen LogP contribution in [0, 0.1) is 0 Å². The summed E-state index contributed by atoms with van der Waals surface area (Å²) in [5.74, 6) is 0.748. The maximum Gasteiger partial charge on any atom is 0.220 e. The topological polar surface area (TPSA) is 17.1 Å². The highest BCUT2D eigenvalue weighted by molar-refractivity contribution is 8.14. The summed E-state index contributed by atoms with van der Waals surface area (Å²) in [5, 5.41) is 0.950. The van der Waals surface area contributed by atoms with Crippen LogP contribution in [0.2, 0.25) is 10.0 Å². The third-order valence-corrected chi connectivity index (χ3v) is 2.75. The van der Waals surface area contributed by atoms with Crippen molar-refractivity contribution in [2.45, 2.75) is 6.92 Å². The maximum absolute atomic E-state index is 11.4. The fraction of sp³-hybridized carbons (Fsp3) is 0.222. The van der Waals surface area contributed by atoms with E-state index in [0.29, 0.717) is 15.6 Å². The van der Waals surface area contributed by atoms with Crippen LogP contribution >= 0.6 is 35.0 Å². The molecule has 70 valence electrons. The molecular formula is C9H8Cl2OS. The molecule has 4 heteroatoms. The largest absolute Gasteiger partial charge is 0.282 e. The zero-order valence-electron chi connectivity index (χ0n) is 7.01. The molecule has 0 bridgehead atoms. The van der Waals surface area contributed by atoms with E-state index in [1.54, 1.807) is 18.2 Å². The smallest absolute Gasteiger partial charge is 0.220 e. The molecule has 1 aromatic carbocycles. The maximum atomic E-state index is 11.4. The zero-order valence-corrected chi connectivity index (χ0v) is 9.34. The molecule has 1 rings (SSSR count). The van der Waals surface area contributed by atoms with Gasteiger partial charge in [0.2, 0.25) is 5.12 Å². The van der Waals surface area contributed by atoms with Crippen molar-refractivity contribution >= 4 is 40.1 Å². The van der Waals surface area contributed by atoms with Crippen LogP contribution in [0.4, 0.5) is 0 Å². The Bertz CT molecular complexity index is 325. The van der Waals surface area contributed by atoms with Gasteiger partial charge in [-0.1, -0.05) is 41.9 Å². The van der Waals surface area contributed by atoms with Gasteiger partial charge >= 0.3 is 0 Å². The quantitative estimate of drug-likeness (QED) is 0.773. The first-order valence-corrected chi connectivity index (χ1v) is 5.51. The van der Waals surface area contributed by atoms with Crippen LogP contribution < -0.4 is 0 Å². The second-order valence-electron chi connectivity index (χ2n) is 2.34. The molecule has 0 saturated carbocycles. The van der Waals surface area contributed by atoms with Crippen molar-refractivity contribution in [1.82, 2.24) is 0 Å². The molecule has 1 nitrogen and oxygen atoms in total. The number of hydrogen-bond donors (Lipinski definition) is 0. The third kappa shape index (κ3) is 2.90. The van der Waals surface area contributed by atoms with Gasteiger partial charge in [-0.05, 0) is 24.0 Å². The Morgan fingerprint density at radius 1 is 1.46 bits per heavy atom. The monoisotopic (exact) mass is 234 g/mol. The average molecular weight is 235 g/mol. The Morgan fingerprint density at radius 2 is 2.15 bits per heavy atom. The van der Waals surface area contributed by atoms with Gasteiger partial charge in [0.25, 0.3) is 0 Å². The molecule has 1 aromatic rings. The fourth-order valence-electron chi connectivity index (χ4n) is 0.864. The van der Waals surface area contributed by atoms with E-state index in [0.717, 1.165) is 5.75 Å². The molecule has 0 heterocycles. The lowest BCUT2D eigenvalue weighted by molar-refractivity contribution is 0.108. The summed E-state index contributed by atoms with van der Waals surface area (Å²) in [5.41, 5.74) is 0.526. The first kappa shape index (κ1) is 10.9. The average Bonchev–Trinajstić information content (AvgIpc) is 2.04. The Kier molecular flexibility index (Phi) is 4.10. The Balaban J connectivity index is 2.95. The second kappa shape index (κ2) is 4.89. The molecular weight excluding hydrogens is 227 g/mol. The van der Waals surface area contributed by atoms with Crippen molar-refractivity contribution in [3.05, 3.63) is 33.8 Å². The summed E-state index contributed by atoms with van der Waals surface area (Å²) in [6.07, 6.45) is 0. The van der Waals surface area contributed by atoms with Gasteiger partial charge in [-0.2, -0.15) is 0 Å². The molecule has 0 saturated heterocycles. The van der Waals surface area contributed by atoms with Crippen molar-refractivity contribution in [2.75, 3.05) is 5.75 Å². The van der Waals surface area contributed by atoms with Crippen LogP contribution in [-0.2, 0) is 0 Å². The first-order chi connectivity index (χ1) is 6.15. The fourth-order valence-corrected chi connectivity index (χ4v) is 2.01. The van der Waals surface area contributed by atoms with Crippen molar-refractivity contribution in [1.29, 1.82) is 0 Å². The summed E-state index contributed by atoms with van der Waals surface area (Å²) in [6.45, 7) is 1.92. The standard InChI is InChI=1S/C9H8Cl2OS/c1-2-13-9(12)7-4-3-6(10)5-8(7)11/h3-5H,2H2,1H3. The lowest BCUT2D eigenvalue weighted by Crippen LogP contribution is -1.94. The van der Waals surface area contributed by atoms with E-state index in [4.69, 9.17) is 23.2 Å². The van der Waals surface area contributed by atoms with E-state index in [9.17, 15) is 4.79 Å². The van der Waals surface area contributed by atoms with Gasteiger partial charge < -0.3 is 0 Å². The predicted molar refractivity (Wildman–Crippen MR) is 58.9 cm³/mol. The molecule has 0 fully saturated rings. The van der Waals surface area contributed by atoms with Crippen LogP contribution in [0.5, 0.6) is 0 Å². The third-order valence-electron chi connectivity index (χ3n) is 1.43. The molecule has 0 aliphatic carbocycles. The number of hydrogen-bond acceptors (Lipinski definition) is 2. The summed E-state index contributed by atoms with van der Waals surface area (Å²) in [4.78, 5) is 11.4. The number of carbonyl (C=O) groups is 1. The van der Waals surface area contributed by atoms with Crippen LogP contribution in [-0.4, -0.2) is 10.9 Å². The van der Waals surface area contributed by atoms with Crippen molar-refractivity contribution in [3.63, 3.8) is 0 Å². The number of benzene rings is 1.